The van der Waals surface area contributed by atoms with Gasteiger partial charge in [0, 0.05) is 20.2 Å². The van der Waals surface area contributed by atoms with E-state index in [2.05, 4.69) is 19.2 Å². The van der Waals surface area contributed by atoms with E-state index in [0.29, 0.717) is 11.5 Å². The number of methoxy groups -OCH3 is 1. The minimum absolute atomic E-state index is 0.415. The van der Waals surface area contributed by atoms with Crippen molar-refractivity contribution >= 4 is 0 Å². The summed E-state index contributed by atoms with van der Waals surface area (Å²) in [6, 6.07) is 0. The maximum absolute atomic E-state index is 5.30. The van der Waals surface area contributed by atoms with Crippen molar-refractivity contribution < 1.29 is 4.74 Å². The highest BCUT2D eigenvalue weighted by Gasteiger charge is 2.36. The molecule has 12 heavy (non-hydrogen) atoms. The fourth-order valence-electron chi connectivity index (χ4n) is 2.13. The van der Waals surface area contributed by atoms with E-state index in [9.17, 15) is 0 Å². The van der Waals surface area contributed by atoms with Gasteiger partial charge in [0.05, 0.1) is 6.10 Å². The van der Waals surface area contributed by atoms with Crippen LogP contribution in [0.1, 0.15) is 33.1 Å². The second kappa shape index (κ2) is 4.24. The molecule has 0 radical (unpaired) electrons. The minimum Gasteiger partial charge on any atom is -0.382 e. The smallest absolute Gasteiger partial charge is 0.0549 e. The van der Waals surface area contributed by atoms with Gasteiger partial charge < -0.3 is 10.1 Å². The molecule has 1 saturated heterocycles. The molecule has 1 rings (SSSR count). The fourth-order valence-corrected chi connectivity index (χ4v) is 2.13. The van der Waals surface area contributed by atoms with E-state index in [0.717, 1.165) is 0 Å². The van der Waals surface area contributed by atoms with Gasteiger partial charge in [0.15, 0.2) is 0 Å². The van der Waals surface area contributed by atoms with Crippen molar-refractivity contribution in [2.75, 3.05) is 20.2 Å². The van der Waals surface area contributed by atoms with Crippen LogP contribution in [0.5, 0.6) is 0 Å². The van der Waals surface area contributed by atoms with Gasteiger partial charge in [-0.3, -0.25) is 0 Å². The van der Waals surface area contributed by atoms with E-state index in [1.807, 2.05) is 0 Å². The molecule has 2 nitrogen and oxygen atoms in total. The average molecular weight is 171 g/mol. The summed E-state index contributed by atoms with van der Waals surface area (Å²) in [6.45, 7) is 6.80. The standard InChI is InChI=1S/C10H21NO/c1-4-5-10(7-11-8-10)6-9(2)12-3/h9,11H,4-8H2,1-3H3. The van der Waals surface area contributed by atoms with Gasteiger partial charge in [0.2, 0.25) is 0 Å². The third kappa shape index (κ3) is 2.20. The van der Waals surface area contributed by atoms with Gasteiger partial charge in [-0.25, -0.2) is 0 Å². The molecule has 1 unspecified atom stereocenters. The molecule has 0 saturated carbocycles. The van der Waals surface area contributed by atoms with Crippen LogP contribution in [0.25, 0.3) is 0 Å². The van der Waals surface area contributed by atoms with Gasteiger partial charge in [-0.2, -0.15) is 0 Å². The maximum Gasteiger partial charge on any atom is 0.0549 e. The Balaban J connectivity index is 2.33. The van der Waals surface area contributed by atoms with E-state index >= 15 is 0 Å². The molecule has 1 fully saturated rings. The predicted molar refractivity (Wildman–Crippen MR) is 51.3 cm³/mol. The first-order valence-corrected chi connectivity index (χ1v) is 4.96. The zero-order chi connectivity index (χ0) is 9.03. The van der Waals surface area contributed by atoms with Crippen LogP contribution in [0.3, 0.4) is 0 Å². The summed E-state index contributed by atoms with van der Waals surface area (Å²) in [6.07, 6.45) is 4.26. The largest absolute Gasteiger partial charge is 0.382 e. The molecular formula is C10H21NO. The first-order chi connectivity index (χ1) is 5.72. The van der Waals surface area contributed by atoms with Crippen LogP contribution in [0, 0.1) is 5.41 Å². The van der Waals surface area contributed by atoms with Crippen LogP contribution in [0.2, 0.25) is 0 Å². The molecule has 0 aliphatic carbocycles. The van der Waals surface area contributed by atoms with Crippen LogP contribution in [0.15, 0.2) is 0 Å². The van der Waals surface area contributed by atoms with Crippen LogP contribution >= 0.6 is 0 Å². The Bertz CT molecular complexity index is 132. The van der Waals surface area contributed by atoms with E-state index in [4.69, 9.17) is 4.74 Å². The van der Waals surface area contributed by atoms with Crippen molar-refractivity contribution in [3.05, 3.63) is 0 Å². The lowest BCUT2D eigenvalue weighted by Crippen LogP contribution is -2.54. The summed E-state index contributed by atoms with van der Waals surface area (Å²) in [5, 5.41) is 3.36. The summed E-state index contributed by atoms with van der Waals surface area (Å²) < 4.78 is 5.30. The van der Waals surface area contributed by atoms with Crippen molar-refractivity contribution in [1.82, 2.24) is 5.32 Å². The van der Waals surface area contributed by atoms with Gasteiger partial charge >= 0.3 is 0 Å². The Labute approximate surface area is 75.7 Å². The number of nitrogens with one attached hydrogen (secondary N) is 1. The zero-order valence-electron chi connectivity index (χ0n) is 8.52. The molecule has 1 aliphatic heterocycles. The second-order valence-corrected chi connectivity index (χ2v) is 4.10. The molecule has 0 amide bonds. The second-order valence-electron chi connectivity index (χ2n) is 4.10. The van der Waals surface area contributed by atoms with E-state index < -0.39 is 0 Å². The average Bonchev–Trinajstić information content (AvgIpc) is 2.00. The van der Waals surface area contributed by atoms with E-state index in [-0.39, 0.29) is 0 Å². The molecule has 72 valence electrons. The molecule has 0 aromatic heterocycles. The summed E-state index contributed by atoms with van der Waals surface area (Å²) >= 11 is 0. The van der Waals surface area contributed by atoms with Crippen molar-refractivity contribution in [2.45, 2.75) is 39.2 Å². The Morgan fingerprint density at radius 1 is 1.50 bits per heavy atom. The SMILES string of the molecule is CCCC1(CC(C)OC)CNC1. The third-order valence-electron chi connectivity index (χ3n) is 2.90. The van der Waals surface area contributed by atoms with Crippen molar-refractivity contribution in [3.8, 4) is 0 Å². The van der Waals surface area contributed by atoms with Gasteiger partial charge in [0.1, 0.15) is 0 Å². The number of hydrogen-bond donors (Lipinski definition) is 1. The Hall–Kier alpha value is -0.0800. The lowest BCUT2D eigenvalue weighted by molar-refractivity contribution is 0.0322. The zero-order valence-corrected chi connectivity index (χ0v) is 8.52. The highest BCUT2D eigenvalue weighted by atomic mass is 16.5. The molecule has 0 aromatic carbocycles. The Morgan fingerprint density at radius 2 is 2.17 bits per heavy atom. The first-order valence-electron chi connectivity index (χ1n) is 4.96. The topological polar surface area (TPSA) is 21.3 Å². The highest BCUT2D eigenvalue weighted by molar-refractivity contribution is 4.92. The summed E-state index contributed by atoms with van der Waals surface area (Å²) in [5.41, 5.74) is 0.560. The van der Waals surface area contributed by atoms with E-state index in [1.165, 1.54) is 32.4 Å². The normalized spacial score (nSPS) is 23.2. The van der Waals surface area contributed by atoms with Crippen molar-refractivity contribution in [1.29, 1.82) is 0 Å². The molecule has 1 atom stereocenters. The Morgan fingerprint density at radius 3 is 2.50 bits per heavy atom. The van der Waals surface area contributed by atoms with Gasteiger partial charge in [-0.05, 0) is 25.2 Å². The summed E-state index contributed by atoms with van der Waals surface area (Å²) in [4.78, 5) is 0. The predicted octanol–water partition coefficient (Wildman–Crippen LogP) is 1.80. The molecular weight excluding hydrogens is 150 g/mol. The quantitative estimate of drug-likeness (QED) is 0.681. The monoisotopic (exact) mass is 171 g/mol. The fraction of sp³-hybridized carbons (Fsp3) is 1.00. The first kappa shape index (κ1) is 10.0. The van der Waals surface area contributed by atoms with E-state index in [1.54, 1.807) is 7.11 Å². The molecule has 2 heteroatoms. The highest BCUT2D eigenvalue weighted by Crippen LogP contribution is 2.34. The lowest BCUT2D eigenvalue weighted by Gasteiger charge is -2.44. The Kier molecular flexibility index (Phi) is 3.53. The minimum atomic E-state index is 0.415. The lowest BCUT2D eigenvalue weighted by atomic mass is 9.73. The van der Waals surface area contributed by atoms with Crippen LogP contribution < -0.4 is 5.32 Å². The van der Waals surface area contributed by atoms with Crippen LogP contribution in [-0.2, 0) is 4.74 Å². The molecule has 0 spiro atoms. The molecule has 1 heterocycles. The van der Waals surface area contributed by atoms with Crippen molar-refractivity contribution in [2.24, 2.45) is 5.41 Å². The summed E-state index contributed by atoms with van der Waals surface area (Å²) in [7, 11) is 1.80. The van der Waals surface area contributed by atoms with Crippen LogP contribution in [-0.4, -0.2) is 26.3 Å². The van der Waals surface area contributed by atoms with Crippen LogP contribution in [0.4, 0.5) is 0 Å². The number of rotatable bonds is 5. The summed E-state index contributed by atoms with van der Waals surface area (Å²) in [5.74, 6) is 0. The van der Waals surface area contributed by atoms with Gasteiger partial charge in [-0.1, -0.05) is 13.3 Å². The molecule has 0 bridgehead atoms. The number of hydrogen-bond acceptors (Lipinski definition) is 2. The van der Waals surface area contributed by atoms with Gasteiger partial charge in [-0.15, -0.1) is 0 Å². The number of ether oxygens (including phenoxy) is 1. The molecule has 1 aliphatic rings. The maximum atomic E-state index is 5.30. The third-order valence-corrected chi connectivity index (χ3v) is 2.90. The van der Waals surface area contributed by atoms with Gasteiger partial charge in [0.25, 0.3) is 0 Å². The molecule has 0 aromatic rings. The molecule has 1 N–H and O–H groups in total. The van der Waals surface area contributed by atoms with Crippen molar-refractivity contribution in [3.63, 3.8) is 0 Å².